The van der Waals surface area contributed by atoms with Crippen molar-refractivity contribution in [2.45, 2.75) is 12.2 Å². The molecule has 2 aliphatic heterocycles. The molecular weight excluding hydrogens is 520 g/mol. The molecule has 16 heteroatoms. The molecule has 214 valence electrons. The number of piperazine rings is 2. The number of β-amino-alcohol motifs (C(OH)–C–C–N with tert-alkyl or cyclic N) is 2. The molecule has 2 unspecified atom stereocenters. The maximum atomic E-state index is 10.8. The summed E-state index contributed by atoms with van der Waals surface area (Å²) in [6, 6.07) is 0. The fraction of sp³-hybridized carbons (Fsp3) is 1.00. The van der Waals surface area contributed by atoms with Crippen LogP contribution in [0.5, 0.6) is 0 Å². The van der Waals surface area contributed by atoms with Crippen LogP contribution in [0.25, 0.3) is 0 Å². The highest BCUT2D eigenvalue weighted by Gasteiger charge is 2.22. The van der Waals surface area contributed by atoms with E-state index in [-0.39, 0.29) is 24.7 Å². The van der Waals surface area contributed by atoms with E-state index >= 15 is 0 Å². The molecule has 0 aromatic heterocycles. The average Bonchev–Trinajstić information content (AvgIpc) is 2.79. The summed E-state index contributed by atoms with van der Waals surface area (Å²) in [6.45, 7) is 7.87. The van der Waals surface area contributed by atoms with Crippen LogP contribution in [0.1, 0.15) is 0 Å². The second kappa shape index (κ2) is 15.8. The van der Waals surface area contributed by atoms with Gasteiger partial charge in [0.1, 0.15) is 0 Å². The number of hydrogen-bond acceptors (Lipinski definition) is 12. The van der Waals surface area contributed by atoms with Gasteiger partial charge in [-0.1, -0.05) is 0 Å². The van der Waals surface area contributed by atoms with E-state index in [9.17, 15) is 27.0 Å². The molecule has 2 heterocycles. The Balaban J connectivity index is 1.44. The van der Waals surface area contributed by atoms with Crippen molar-refractivity contribution >= 4 is 20.2 Å². The van der Waals surface area contributed by atoms with Crippen LogP contribution >= 0.6 is 0 Å². The van der Waals surface area contributed by atoms with E-state index in [1.165, 1.54) is 0 Å². The molecule has 0 aromatic carbocycles. The zero-order chi connectivity index (χ0) is 26.6. The highest BCUT2D eigenvalue weighted by Crippen LogP contribution is 2.05. The molecule has 0 spiro atoms. The van der Waals surface area contributed by atoms with Crippen molar-refractivity contribution in [3.63, 3.8) is 0 Å². The lowest BCUT2D eigenvalue weighted by molar-refractivity contribution is -0.0324. The minimum absolute atomic E-state index is 0.163. The summed E-state index contributed by atoms with van der Waals surface area (Å²) in [5, 5.41) is 20.3. The van der Waals surface area contributed by atoms with E-state index in [0.29, 0.717) is 91.8 Å². The molecule has 0 radical (unpaired) electrons. The van der Waals surface area contributed by atoms with Gasteiger partial charge in [-0.2, -0.15) is 16.8 Å². The number of rotatable bonds is 17. The van der Waals surface area contributed by atoms with Gasteiger partial charge in [-0.25, -0.2) is 0 Å². The number of ether oxygens (including phenoxy) is 2. The molecule has 2 fully saturated rings. The summed E-state index contributed by atoms with van der Waals surface area (Å²) in [4.78, 5) is 8.09. The first-order valence-corrected chi connectivity index (χ1v) is 15.4. The third-order valence-electron chi connectivity index (χ3n) is 6.19. The molecule has 36 heavy (non-hydrogen) atoms. The van der Waals surface area contributed by atoms with Crippen LogP contribution in [-0.4, -0.2) is 184 Å². The number of hydrogen-bond donors (Lipinski definition) is 4. The normalized spacial score (nSPS) is 21.6. The van der Waals surface area contributed by atoms with Crippen LogP contribution in [0.15, 0.2) is 0 Å². The maximum Gasteiger partial charge on any atom is 0.266 e. The van der Waals surface area contributed by atoms with Gasteiger partial charge in [-0.3, -0.25) is 28.7 Å². The van der Waals surface area contributed by atoms with Gasteiger partial charge >= 0.3 is 0 Å². The van der Waals surface area contributed by atoms with Crippen LogP contribution in [0.2, 0.25) is 0 Å². The van der Waals surface area contributed by atoms with Crippen molar-refractivity contribution in [3.05, 3.63) is 0 Å². The van der Waals surface area contributed by atoms with Crippen LogP contribution < -0.4 is 0 Å². The highest BCUT2D eigenvalue weighted by molar-refractivity contribution is 7.86. The lowest BCUT2D eigenvalue weighted by Gasteiger charge is -2.35. The van der Waals surface area contributed by atoms with Crippen molar-refractivity contribution in [3.8, 4) is 0 Å². The van der Waals surface area contributed by atoms with Crippen LogP contribution in [-0.2, 0) is 29.7 Å². The molecule has 0 saturated carbocycles. The Kier molecular flexibility index (Phi) is 13.9. The number of aliphatic hydroxyl groups is 2. The Morgan fingerprint density at radius 2 is 0.889 bits per heavy atom. The van der Waals surface area contributed by atoms with Gasteiger partial charge in [0.15, 0.2) is 0 Å². The van der Waals surface area contributed by atoms with Crippen molar-refractivity contribution < 1.29 is 45.6 Å². The van der Waals surface area contributed by atoms with E-state index in [1.807, 2.05) is 9.80 Å². The Morgan fingerprint density at radius 3 is 1.19 bits per heavy atom. The monoisotopic (exact) mass is 562 g/mol. The summed E-state index contributed by atoms with van der Waals surface area (Å²) >= 11 is 0. The smallest absolute Gasteiger partial charge is 0.266 e. The Hall–Kier alpha value is -0.500. The Labute approximate surface area is 214 Å². The highest BCUT2D eigenvalue weighted by atomic mass is 32.2. The average molecular weight is 563 g/mol. The third kappa shape index (κ3) is 15.0. The van der Waals surface area contributed by atoms with Gasteiger partial charge in [0, 0.05) is 78.5 Å². The molecule has 2 rings (SSSR count). The largest absolute Gasteiger partial charge is 0.389 e. The lowest BCUT2D eigenvalue weighted by atomic mass is 10.2. The van der Waals surface area contributed by atoms with Crippen molar-refractivity contribution in [2.75, 3.05) is 116 Å². The summed E-state index contributed by atoms with van der Waals surface area (Å²) < 4.78 is 72.0. The first-order chi connectivity index (χ1) is 16.9. The predicted octanol–water partition coefficient (Wildman–Crippen LogP) is -3.25. The van der Waals surface area contributed by atoms with Gasteiger partial charge in [-0.05, 0) is 0 Å². The SMILES string of the molecule is O=S(=O)(O)CCN1CCN(CC(O)COCCOCC(O)CN2CCN(CCS(=O)(=O)O)CC2)CC1. The van der Waals surface area contributed by atoms with Gasteiger partial charge in [-0.15, -0.1) is 0 Å². The maximum absolute atomic E-state index is 10.8. The molecule has 2 aliphatic rings. The third-order valence-corrected chi connectivity index (χ3v) is 7.59. The second-order valence-corrected chi connectivity index (χ2v) is 12.5. The van der Waals surface area contributed by atoms with Gasteiger partial charge in [0.05, 0.1) is 50.1 Å². The molecule has 4 N–H and O–H groups in total. The summed E-state index contributed by atoms with van der Waals surface area (Å²) in [6.07, 6.45) is -1.31. The molecule has 0 amide bonds. The number of aliphatic hydroxyl groups excluding tert-OH is 2. The van der Waals surface area contributed by atoms with Gasteiger partial charge in [0.25, 0.3) is 20.2 Å². The van der Waals surface area contributed by atoms with E-state index < -0.39 is 32.4 Å². The Morgan fingerprint density at radius 1 is 0.583 bits per heavy atom. The van der Waals surface area contributed by atoms with Crippen LogP contribution in [0.3, 0.4) is 0 Å². The van der Waals surface area contributed by atoms with E-state index in [2.05, 4.69) is 9.80 Å². The minimum Gasteiger partial charge on any atom is -0.389 e. The van der Waals surface area contributed by atoms with Crippen LogP contribution in [0, 0.1) is 0 Å². The fourth-order valence-electron chi connectivity index (χ4n) is 4.14. The van der Waals surface area contributed by atoms with Crippen molar-refractivity contribution in [1.82, 2.24) is 19.6 Å². The lowest BCUT2D eigenvalue weighted by Crippen LogP contribution is -2.50. The van der Waals surface area contributed by atoms with Crippen molar-refractivity contribution in [2.24, 2.45) is 0 Å². The molecule has 0 aromatic rings. The number of nitrogens with zero attached hydrogens (tertiary/aromatic N) is 4. The zero-order valence-electron chi connectivity index (χ0n) is 20.7. The molecule has 14 nitrogen and oxygen atoms in total. The summed E-state index contributed by atoms with van der Waals surface area (Å²) in [7, 11) is -7.91. The zero-order valence-corrected chi connectivity index (χ0v) is 22.4. The van der Waals surface area contributed by atoms with E-state index in [4.69, 9.17) is 18.6 Å². The molecule has 0 aliphatic carbocycles. The topological polar surface area (TPSA) is 181 Å². The molecule has 0 bridgehead atoms. The fourth-order valence-corrected chi connectivity index (χ4v) is 5.12. The van der Waals surface area contributed by atoms with Crippen molar-refractivity contribution in [1.29, 1.82) is 0 Å². The van der Waals surface area contributed by atoms with Gasteiger partial charge in [0.2, 0.25) is 0 Å². The molecule has 2 atom stereocenters. The molecule has 2 saturated heterocycles. The quantitative estimate of drug-likeness (QED) is 0.102. The summed E-state index contributed by atoms with van der Waals surface area (Å²) in [5.74, 6) is -0.552. The molecular formula is C20H42N4O10S2. The minimum atomic E-state index is -3.95. The van der Waals surface area contributed by atoms with Crippen LogP contribution in [0.4, 0.5) is 0 Å². The standard InChI is InChI=1S/C20H42N4O10S2/c25-19(15-23-5-1-21(2-6-23)9-13-35(27,28)29)17-33-11-12-34-18-20(26)16-24-7-3-22(4-8-24)10-14-36(30,31)32/h19-20,25-26H,1-18H2,(H,27,28,29)(H,30,31,32). The second-order valence-electron chi connectivity index (χ2n) is 9.31. The summed E-state index contributed by atoms with van der Waals surface area (Å²) in [5.41, 5.74) is 0. The Bertz CT molecular complexity index is 748. The first kappa shape index (κ1) is 31.7. The van der Waals surface area contributed by atoms with E-state index in [1.54, 1.807) is 0 Å². The van der Waals surface area contributed by atoms with E-state index in [0.717, 1.165) is 0 Å². The van der Waals surface area contributed by atoms with Gasteiger partial charge < -0.3 is 19.7 Å². The first-order valence-electron chi connectivity index (χ1n) is 12.2. The predicted molar refractivity (Wildman–Crippen MR) is 132 cm³/mol.